The van der Waals surface area contributed by atoms with Crippen molar-refractivity contribution in [3.8, 4) is 0 Å². The van der Waals surface area contributed by atoms with Crippen LogP contribution in [0.1, 0.15) is 28.5 Å². The standard InChI is InChI=1S/C20H25N5S/c1-3-22-20(24-13-19-16(2)8-11-26-19)23-12-17-4-6-18(7-5-17)14-25-10-9-21-15-25/h4-11,15H,3,12-14H2,1-2H3,(H2,22,23,24). The number of rotatable bonds is 7. The average molecular weight is 368 g/mol. The second-order valence-corrected chi connectivity index (χ2v) is 7.13. The first kappa shape index (κ1) is 18.2. The lowest BCUT2D eigenvalue weighted by molar-refractivity contribution is 0.796. The SMILES string of the molecule is CCNC(=NCc1ccc(Cn2ccnc2)cc1)NCc1sccc1C. The number of benzene rings is 1. The molecule has 0 aliphatic rings. The van der Waals surface area contributed by atoms with Crippen LogP contribution in [0.3, 0.4) is 0 Å². The summed E-state index contributed by atoms with van der Waals surface area (Å²) in [7, 11) is 0. The smallest absolute Gasteiger partial charge is 0.191 e. The number of imidazole rings is 1. The van der Waals surface area contributed by atoms with Gasteiger partial charge >= 0.3 is 0 Å². The minimum absolute atomic E-state index is 0.657. The van der Waals surface area contributed by atoms with Crippen LogP contribution in [-0.4, -0.2) is 22.1 Å². The van der Waals surface area contributed by atoms with E-state index in [1.807, 2.05) is 12.5 Å². The predicted molar refractivity (Wildman–Crippen MR) is 108 cm³/mol. The molecule has 3 rings (SSSR count). The zero-order valence-electron chi connectivity index (χ0n) is 15.3. The quantitative estimate of drug-likeness (QED) is 0.496. The van der Waals surface area contributed by atoms with E-state index < -0.39 is 0 Å². The highest BCUT2D eigenvalue weighted by Crippen LogP contribution is 2.14. The fourth-order valence-corrected chi connectivity index (χ4v) is 3.45. The normalized spacial score (nSPS) is 11.5. The van der Waals surface area contributed by atoms with Crippen LogP contribution in [0.25, 0.3) is 0 Å². The summed E-state index contributed by atoms with van der Waals surface area (Å²) in [6, 6.07) is 10.7. The first-order valence-electron chi connectivity index (χ1n) is 8.83. The Labute approximate surface area is 158 Å². The van der Waals surface area contributed by atoms with E-state index in [4.69, 9.17) is 4.99 Å². The zero-order valence-corrected chi connectivity index (χ0v) is 16.1. The number of aromatic nitrogens is 2. The van der Waals surface area contributed by atoms with Crippen LogP contribution in [0.15, 0.2) is 59.4 Å². The summed E-state index contributed by atoms with van der Waals surface area (Å²) in [6.07, 6.45) is 5.61. The van der Waals surface area contributed by atoms with Gasteiger partial charge in [0, 0.05) is 30.4 Å². The third kappa shape index (κ3) is 5.20. The van der Waals surface area contributed by atoms with Crippen LogP contribution >= 0.6 is 11.3 Å². The Bertz CT molecular complexity index is 818. The average Bonchev–Trinajstić information content (AvgIpc) is 3.30. The van der Waals surface area contributed by atoms with Crippen molar-refractivity contribution >= 4 is 17.3 Å². The van der Waals surface area contributed by atoms with Gasteiger partial charge in [0.2, 0.25) is 0 Å². The van der Waals surface area contributed by atoms with E-state index in [0.29, 0.717) is 6.54 Å². The molecule has 136 valence electrons. The second-order valence-electron chi connectivity index (χ2n) is 6.13. The van der Waals surface area contributed by atoms with Gasteiger partial charge in [-0.2, -0.15) is 0 Å². The molecular weight excluding hydrogens is 342 g/mol. The van der Waals surface area contributed by atoms with Gasteiger partial charge in [-0.15, -0.1) is 11.3 Å². The summed E-state index contributed by atoms with van der Waals surface area (Å²) >= 11 is 1.78. The first-order chi connectivity index (χ1) is 12.7. The molecule has 26 heavy (non-hydrogen) atoms. The van der Waals surface area contributed by atoms with Crippen molar-refractivity contribution in [3.63, 3.8) is 0 Å². The lowest BCUT2D eigenvalue weighted by Crippen LogP contribution is -2.36. The summed E-state index contributed by atoms with van der Waals surface area (Å²) in [6.45, 7) is 7.37. The van der Waals surface area contributed by atoms with Crippen molar-refractivity contribution in [1.29, 1.82) is 0 Å². The Kier molecular flexibility index (Phi) is 6.44. The van der Waals surface area contributed by atoms with E-state index in [1.165, 1.54) is 21.6 Å². The van der Waals surface area contributed by atoms with Crippen LogP contribution < -0.4 is 10.6 Å². The van der Waals surface area contributed by atoms with Gasteiger partial charge in [0.25, 0.3) is 0 Å². The van der Waals surface area contributed by atoms with Gasteiger partial charge in [0.1, 0.15) is 0 Å². The van der Waals surface area contributed by atoms with Gasteiger partial charge in [0.15, 0.2) is 5.96 Å². The maximum absolute atomic E-state index is 4.70. The molecule has 0 saturated heterocycles. The molecule has 0 spiro atoms. The second kappa shape index (κ2) is 9.20. The predicted octanol–water partition coefficient (Wildman–Crippen LogP) is 3.56. The molecule has 6 heteroatoms. The minimum Gasteiger partial charge on any atom is -0.357 e. The highest BCUT2D eigenvalue weighted by molar-refractivity contribution is 7.10. The number of hydrogen-bond acceptors (Lipinski definition) is 3. The Morgan fingerprint density at radius 1 is 1.15 bits per heavy atom. The van der Waals surface area contributed by atoms with Crippen molar-refractivity contribution in [1.82, 2.24) is 20.2 Å². The van der Waals surface area contributed by atoms with Crippen LogP contribution in [0.5, 0.6) is 0 Å². The zero-order chi connectivity index (χ0) is 18.2. The molecule has 1 aromatic carbocycles. The maximum Gasteiger partial charge on any atom is 0.191 e. The lowest BCUT2D eigenvalue weighted by Gasteiger charge is -2.11. The van der Waals surface area contributed by atoms with E-state index in [2.05, 4.69) is 69.7 Å². The summed E-state index contributed by atoms with van der Waals surface area (Å²) in [5.41, 5.74) is 3.78. The molecule has 0 amide bonds. The van der Waals surface area contributed by atoms with E-state index >= 15 is 0 Å². The van der Waals surface area contributed by atoms with Crippen LogP contribution in [0.4, 0.5) is 0 Å². The number of guanidine groups is 1. The molecule has 2 aromatic heterocycles. The van der Waals surface area contributed by atoms with E-state index in [0.717, 1.165) is 25.6 Å². The maximum atomic E-state index is 4.70. The largest absolute Gasteiger partial charge is 0.357 e. The fraction of sp³-hybridized carbons (Fsp3) is 0.300. The topological polar surface area (TPSA) is 54.2 Å². The molecule has 0 radical (unpaired) electrons. The molecular formula is C20H25N5S. The Morgan fingerprint density at radius 3 is 2.62 bits per heavy atom. The molecule has 3 aromatic rings. The number of nitrogens with zero attached hydrogens (tertiary/aromatic N) is 3. The molecule has 0 saturated carbocycles. The minimum atomic E-state index is 0.657. The molecule has 0 atom stereocenters. The van der Waals surface area contributed by atoms with Crippen LogP contribution in [-0.2, 0) is 19.6 Å². The van der Waals surface area contributed by atoms with Gasteiger partial charge in [-0.3, -0.25) is 0 Å². The first-order valence-corrected chi connectivity index (χ1v) is 9.71. The van der Waals surface area contributed by atoms with Crippen LogP contribution in [0.2, 0.25) is 0 Å². The van der Waals surface area contributed by atoms with Gasteiger partial charge in [-0.1, -0.05) is 24.3 Å². The molecule has 0 aliphatic carbocycles. The van der Waals surface area contributed by atoms with Crippen molar-refractivity contribution < 1.29 is 0 Å². The summed E-state index contributed by atoms with van der Waals surface area (Å²) in [5, 5.41) is 8.85. The Hall–Kier alpha value is -2.60. The van der Waals surface area contributed by atoms with E-state index in [1.54, 1.807) is 17.5 Å². The molecule has 0 aliphatic heterocycles. The molecule has 0 fully saturated rings. The van der Waals surface area contributed by atoms with E-state index in [-0.39, 0.29) is 0 Å². The third-order valence-electron chi connectivity index (χ3n) is 4.10. The Balaban J connectivity index is 1.57. The molecule has 0 bridgehead atoms. The van der Waals surface area contributed by atoms with Gasteiger partial charge < -0.3 is 15.2 Å². The summed E-state index contributed by atoms with van der Waals surface area (Å²) < 4.78 is 2.06. The van der Waals surface area contributed by atoms with Gasteiger partial charge in [-0.25, -0.2) is 9.98 Å². The highest BCUT2D eigenvalue weighted by atomic mass is 32.1. The Morgan fingerprint density at radius 2 is 1.96 bits per heavy atom. The summed E-state index contributed by atoms with van der Waals surface area (Å²) in [5.74, 6) is 0.850. The molecule has 2 N–H and O–H groups in total. The van der Waals surface area contributed by atoms with Crippen molar-refractivity contribution in [3.05, 3.63) is 76.0 Å². The molecule has 5 nitrogen and oxygen atoms in total. The number of nitrogens with one attached hydrogen (secondary N) is 2. The number of aryl methyl sites for hydroxylation is 1. The fourth-order valence-electron chi connectivity index (χ4n) is 2.60. The molecule has 2 heterocycles. The lowest BCUT2D eigenvalue weighted by atomic mass is 10.1. The van der Waals surface area contributed by atoms with Crippen molar-refractivity contribution in [2.45, 2.75) is 33.5 Å². The van der Waals surface area contributed by atoms with Gasteiger partial charge in [-0.05, 0) is 42.0 Å². The highest BCUT2D eigenvalue weighted by Gasteiger charge is 2.02. The van der Waals surface area contributed by atoms with Crippen LogP contribution in [0, 0.1) is 6.92 Å². The van der Waals surface area contributed by atoms with E-state index in [9.17, 15) is 0 Å². The van der Waals surface area contributed by atoms with Gasteiger partial charge in [0.05, 0.1) is 19.4 Å². The monoisotopic (exact) mass is 367 g/mol. The van der Waals surface area contributed by atoms with Crippen molar-refractivity contribution in [2.75, 3.05) is 6.54 Å². The number of aliphatic imine (C=N–C) groups is 1. The number of hydrogen-bond donors (Lipinski definition) is 2. The third-order valence-corrected chi connectivity index (χ3v) is 5.12. The molecule has 0 unspecified atom stereocenters. The van der Waals surface area contributed by atoms with Crippen molar-refractivity contribution in [2.24, 2.45) is 4.99 Å². The summed E-state index contributed by atoms with van der Waals surface area (Å²) in [4.78, 5) is 10.1. The number of thiophene rings is 1.